The van der Waals surface area contributed by atoms with Crippen molar-refractivity contribution >= 4 is 70.8 Å². The Balaban J connectivity index is 1.49. The van der Waals surface area contributed by atoms with Gasteiger partial charge in [0.15, 0.2) is 0 Å². The minimum atomic E-state index is 0.337. The average molecular weight is 242 g/mol. The fourth-order valence-corrected chi connectivity index (χ4v) is 2.20. The van der Waals surface area contributed by atoms with Crippen molar-refractivity contribution in [2.45, 2.75) is 18.6 Å². The van der Waals surface area contributed by atoms with Gasteiger partial charge in [0.25, 0.3) is 0 Å². The van der Waals surface area contributed by atoms with Gasteiger partial charge in [-0.1, -0.05) is 24.3 Å². The molecule has 0 aliphatic carbocycles. The molecule has 10 radical (unpaired) electrons. The maximum atomic E-state index is 9.24. The second-order valence-electron chi connectivity index (χ2n) is 5.07. The molecular formula is C9H10B10O. The third kappa shape index (κ3) is 5.97. The lowest BCUT2D eigenvalue weighted by Gasteiger charge is -2.00. The summed E-state index contributed by atoms with van der Waals surface area (Å²) in [5, 5.41) is 9.24. The Bertz CT molecular complexity index is 387. The van der Waals surface area contributed by atoms with Gasteiger partial charge in [-0.3, -0.25) is 0 Å². The third-order valence-electron chi connectivity index (χ3n) is 3.44. The fraction of sp³-hybridized carbons (Fsp3) is 0.333. The van der Waals surface area contributed by atoms with Crippen molar-refractivity contribution in [2.24, 2.45) is 0 Å². The van der Waals surface area contributed by atoms with E-state index in [4.69, 9.17) is 7.74 Å². The molecule has 1 unspecified atom stereocenters. The summed E-state index contributed by atoms with van der Waals surface area (Å²) in [7, 11) is 20.8. The third-order valence-corrected chi connectivity index (χ3v) is 3.44. The van der Waals surface area contributed by atoms with E-state index in [0.717, 1.165) is 12.2 Å². The summed E-state index contributed by atoms with van der Waals surface area (Å²) < 4.78 is 0. The molecule has 0 spiro atoms. The van der Waals surface area contributed by atoms with Gasteiger partial charge in [-0.2, -0.15) is 0 Å². The van der Waals surface area contributed by atoms with Crippen molar-refractivity contribution in [3.05, 3.63) is 29.8 Å². The second kappa shape index (κ2) is 8.85. The number of hydrogen-bond acceptors (Lipinski definition) is 1. The van der Waals surface area contributed by atoms with E-state index in [0.29, 0.717) is 12.4 Å². The molecule has 1 heterocycles. The molecule has 1 atom stereocenters. The standard InChI is InChI=1S/C9H10B10O/c10-11-12-13-14-15-16-17-18-19-6-8(19)5-7-1-3-9(20)4-2-7/h1-4,8,20H,5-6H2. The maximum absolute atomic E-state index is 9.24. The highest BCUT2D eigenvalue weighted by atomic mass is 16.3. The molecule has 1 nitrogen and oxygen atoms in total. The first-order valence-corrected chi connectivity index (χ1v) is 6.96. The highest BCUT2D eigenvalue weighted by Gasteiger charge is 2.38. The summed E-state index contributed by atoms with van der Waals surface area (Å²) in [6.07, 6.45) is 2.36. The van der Waals surface area contributed by atoms with Crippen molar-refractivity contribution in [1.82, 2.24) is 0 Å². The van der Waals surface area contributed by atoms with E-state index in [1.807, 2.05) is 40.4 Å². The lowest BCUT2D eigenvalue weighted by Crippen LogP contribution is -2.32. The zero-order valence-electron chi connectivity index (χ0n) is 11.5. The molecular weight excluding hydrogens is 232 g/mol. The molecule has 0 bridgehead atoms. The zero-order valence-corrected chi connectivity index (χ0v) is 11.5. The van der Waals surface area contributed by atoms with Crippen LogP contribution in [-0.4, -0.2) is 75.9 Å². The SMILES string of the molecule is [B][B][B][B][B][B][B][B][B]B1CC1Cc1ccc(O)cc1. The smallest absolute Gasteiger partial charge is 0.115 e. The number of rotatable bonds is 10. The van der Waals surface area contributed by atoms with Crippen LogP contribution in [0.3, 0.4) is 0 Å². The van der Waals surface area contributed by atoms with E-state index in [2.05, 4.69) is 14.1 Å². The van der Waals surface area contributed by atoms with Gasteiger partial charge in [0, 0.05) is 64.2 Å². The van der Waals surface area contributed by atoms with Gasteiger partial charge < -0.3 is 5.11 Å². The van der Waals surface area contributed by atoms with Crippen LogP contribution in [0.15, 0.2) is 24.3 Å². The predicted octanol–water partition coefficient (Wildman–Crippen LogP) is -1.57. The predicted molar refractivity (Wildman–Crippen MR) is 97.9 cm³/mol. The minimum absolute atomic E-state index is 0.337. The molecule has 0 amide bonds. The van der Waals surface area contributed by atoms with Gasteiger partial charge in [0.05, 0.1) is 6.60 Å². The molecule has 1 aliphatic heterocycles. The van der Waals surface area contributed by atoms with Crippen molar-refractivity contribution in [3.8, 4) is 5.75 Å². The highest BCUT2D eigenvalue weighted by molar-refractivity contribution is 7.69. The summed E-state index contributed by atoms with van der Waals surface area (Å²) in [6.45, 7) is 0.696. The van der Waals surface area contributed by atoms with Gasteiger partial charge in [-0.15, -0.1) is 0 Å². The molecule has 0 aromatic heterocycles. The Labute approximate surface area is 130 Å². The van der Waals surface area contributed by atoms with E-state index >= 15 is 0 Å². The first-order valence-electron chi connectivity index (χ1n) is 6.96. The lowest BCUT2D eigenvalue weighted by molar-refractivity contribution is 0.475. The van der Waals surface area contributed by atoms with Crippen LogP contribution in [0.2, 0.25) is 12.1 Å². The Hall–Kier alpha value is -0.331. The summed E-state index contributed by atoms with van der Waals surface area (Å²) in [6, 6.07) is 7.52. The molecule has 1 aromatic carbocycles. The molecule has 1 aliphatic rings. The van der Waals surface area contributed by atoms with Crippen LogP contribution in [0.25, 0.3) is 0 Å². The maximum Gasteiger partial charge on any atom is 0.115 e. The quantitative estimate of drug-likeness (QED) is 0.388. The molecule has 11 heteroatoms. The van der Waals surface area contributed by atoms with Crippen LogP contribution in [0.1, 0.15) is 5.56 Å². The Kier molecular flexibility index (Phi) is 7.10. The summed E-state index contributed by atoms with van der Waals surface area (Å²) in [5.41, 5.74) is 1.30. The monoisotopic (exact) mass is 244 g/mol. The van der Waals surface area contributed by atoms with Crippen molar-refractivity contribution < 1.29 is 5.11 Å². The number of phenolic OH excluding ortho intramolecular Hbond substituents is 1. The average Bonchev–Trinajstić information content (AvgIpc) is 3.19. The van der Waals surface area contributed by atoms with Crippen LogP contribution in [-0.2, 0) is 6.42 Å². The second-order valence-corrected chi connectivity index (χ2v) is 5.07. The zero-order chi connectivity index (χ0) is 14.2. The fourth-order valence-electron chi connectivity index (χ4n) is 2.20. The van der Waals surface area contributed by atoms with Crippen LogP contribution >= 0.6 is 0 Å². The Morgan fingerprint density at radius 3 is 2.40 bits per heavy atom. The van der Waals surface area contributed by atoms with E-state index in [1.54, 1.807) is 19.2 Å². The van der Waals surface area contributed by atoms with Gasteiger partial charge in [0.2, 0.25) is 0 Å². The first-order chi connectivity index (χ1) is 9.79. The van der Waals surface area contributed by atoms with Crippen LogP contribution in [0.5, 0.6) is 5.75 Å². The molecule has 2 rings (SSSR count). The van der Waals surface area contributed by atoms with Gasteiger partial charge >= 0.3 is 0 Å². The molecule has 0 saturated carbocycles. The largest absolute Gasteiger partial charge is 0.508 e. The Morgan fingerprint density at radius 1 is 1.05 bits per heavy atom. The Morgan fingerprint density at radius 2 is 1.70 bits per heavy atom. The van der Waals surface area contributed by atoms with Gasteiger partial charge in [0.1, 0.15) is 5.75 Å². The highest BCUT2D eigenvalue weighted by Crippen LogP contribution is 2.39. The molecule has 20 heavy (non-hydrogen) atoms. The van der Waals surface area contributed by atoms with Gasteiger partial charge in [-0.05, 0) is 24.1 Å². The number of phenols is 1. The van der Waals surface area contributed by atoms with E-state index in [1.165, 1.54) is 18.9 Å². The number of aromatic hydroxyl groups is 1. The van der Waals surface area contributed by atoms with Crippen LogP contribution in [0, 0.1) is 0 Å². The van der Waals surface area contributed by atoms with Crippen LogP contribution in [0.4, 0.5) is 0 Å². The topological polar surface area (TPSA) is 20.2 Å². The normalized spacial score (nSPS) is 15.8. The van der Waals surface area contributed by atoms with E-state index in [-0.39, 0.29) is 0 Å². The molecule has 1 aromatic rings. The van der Waals surface area contributed by atoms with E-state index in [9.17, 15) is 5.11 Å². The molecule has 1 N–H and O–H groups in total. The van der Waals surface area contributed by atoms with Crippen molar-refractivity contribution in [2.75, 3.05) is 0 Å². The van der Waals surface area contributed by atoms with Crippen molar-refractivity contribution in [3.63, 3.8) is 0 Å². The lowest BCUT2D eigenvalue weighted by atomic mass is 8.88. The first kappa shape index (κ1) is 16.0. The van der Waals surface area contributed by atoms with E-state index < -0.39 is 0 Å². The molecule has 1 fully saturated rings. The summed E-state index contributed by atoms with van der Waals surface area (Å²) >= 11 is 0. The number of benzene rings is 1. The van der Waals surface area contributed by atoms with Crippen LogP contribution < -0.4 is 0 Å². The molecule has 82 valence electrons. The summed E-state index contributed by atoms with van der Waals surface area (Å²) in [4.78, 5) is 0. The van der Waals surface area contributed by atoms with Gasteiger partial charge in [-0.25, -0.2) is 0 Å². The minimum Gasteiger partial charge on any atom is -0.508 e. The molecule has 1 saturated heterocycles. The van der Waals surface area contributed by atoms with Crippen molar-refractivity contribution in [1.29, 1.82) is 0 Å². The number of hydrogen-bond donors (Lipinski definition) is 1. The summed E-state index contributed by atoms with van der Waals surface area (Å²) in [5.74, 6) is 1.09.